The fourth-order valence-corrected chi connectivity index (χ4v) is 2.59. The zero-order valence-corrected chi connectivity index (χ0v) is 13.3. The number of ketones is 1. The second-order valence-corrected chi connectivity index (χ2v) is 5.66. The molecule has 0 aliphatic heterocycles. The van der Waals surface area contributed by atoms with E-state index >= 15 is 0 Å². The zero-order valence-electron chi connectivity index (χ0n) is 13.3. The Bertz CT molecular complexity index is 890. The maximum atomic E-state index is 13.1. The minimum Gasteiger partial charge on any atom is -0.292 e. The van der Waals surface area contributed by atoms with Gasteiger partial charge < -0.3 is 0 Å². The molecule has 0 radical (unpaired) electrons. The molecular formula is C18H13F4N3O. The Morgan fingerprint density at radius 3 is 2.46 bits per heavy atom. The van der Waals surface area contributed by atoms with Gasteiger partial charge in [-0.1, -0.05) is 18.2 Å². The number of aromatic nitrogens is 3. The van der Waals surface area contributed by atoms with Gasteiger partial charge in [-0.2, -0.15) is 18.3 Å². The second-order valence-electron chi connectivity index (χ2n) is 5.66. The molecule has 3 rings (SSSR count). The van der Waals surface area contributed by atoms with Crippen molar-refractivity contribution >= 4 is 5.78 Å². The molecule has 4 nitrogen and oxygen atoms in total. The summed E-state index contributed by atoms with van der Waals surface area (Å²) in [6.07, 6.45) is -1.93. The Kier molecular flexibility index (Phi) is 4.83. The van der Waals surface area contributed by atoms with Gasteiger partial charge in [0.1, 0.15) is 24.5 Å². The van der Waals surface area contributed by atoms with Gasteiger partial charge in [-0.25, -0.2) is 14.1 Å². The second kappa shape index (κ2) is 7.07. The molecule has 134 valence electrons. The Morgan fingerprint density at radius 2 is 1.85 bits per heavy atom. The normalized spacial score (nSPS) is 12.8. The van der Waals surface area contributed by atoms with Crippen LogP contribution in [0.15, 0.2) is 61.2 Å². The number of carbonyl (C=O) groups is 1. The Morgan fingerprint density at radius 1 is 1.12 bits per heavy atom. The van der Waals surface area contributed by atoms with Gasteiger partial charge in [-0.3, -0.25) is 4.79 Å². The highest BCUT2D eigenvalue weighted by molar-refractivity contribution is 5.99. The average Bonchev–Trinajstić information content (AvgIpc) is 3.13. The van der Waals surface area contributed by atoms with Crippen LogP contribution < -0.4 is 0 Å². The van der Waals surface area contributed by atoms with Crippen molar-refractivity contribution in [1.82, 2.24) is 14.8 Å². The Labute approximate surface area is 146 Å². The number of hydrogen-bond donors (Lipinski definition) is 0. The molecule has 0 N–H and O–H groups in total. The molecule has 0 spiro atoms. The largest absolute Gasteiger partial charge is 0.416 e. The number of carbonyl (C=O) groups excluding carboxylic acids is 1. The van der Waals surface area contributed by atoms with Crippen molar-refractivity contribution in [3.05, 3.63) is 83.7 Å². The topological polar surface area (TPSA) is 47.8 Å². The van der Waals surface area contributed by atoms with Gasteiger partial charge in [0.05, 0.1) is 5.56 Å². The molecule has 8 heteroatoms. The molecule has 0 bridgehead atoms. The molecule has 26 heavy (non-hydrogen) atoms. The van der Waals surface area contributed by atoms with Gasteiger partial charge in [0.2, 0.25) is 0 Å². The first-order chi connectivity index (χ1) is 12.3. The summed E-state index contributed by atoms with van der Waals surface area (Å²) in [5.74, 6) is -0.885. The van der Waals surface area contributed by atoms with Gasteiger partial charge in [-0.05, 0) is 35.9 Å². The van der Waals surface area contributed by atoms with Crippen LogP contribution in [0.3, 0.4) is 0 Å². The van der Waals surface area contributed by atoms with Gasteiger partial charge >= 0.3 is 6.18 Å². The first kappa shape index (κ1) is 17.8. The predicted octanol–water partition coefficient (Wildman–Crippen LogP) is 4.10. The Balaban J connectivity index is 1.93. The highest BCUT2D eigenvalue weighted by Gasteiger charge is 2.31. The molecule has 1 atom stereocenters. The fraction of sp³-hybridized carbons (Fsp3) is 0.167. The van der Waals surface area contributed by atoms with Gasteiger partial charge in [-0.15, -0.1) is 0 Å². The summed E-state index contributed by atoms with van der Waals surface area (Å²) in [6, 6.07) is 8.83. The lowest BCUT2D eigenvalue weighted by molar-refractivity contribution is -0.137. The number of rotatable bonds is 5. The quantitative estimate of drug-likeness (QED) is 0.506. The van der Waals surface area contributed by atoms with E-state index in [1.54, 1.807) is 0 Å². The first-order valence-electron chi connectivity index (χ1n) is 7.64. The molecule has 0 fully saturated rings. The van der Waals surface area contributed by atoms with Crippen LogP contribution in [0, 0.1) is 5.82 Å². The lowest BCUT2D eigenvalue weighted by atomic mass is 9.96. The number of halogens is 4. The van der Waals surface area contributed by atoms with Gasteiger partial charge in [0.15, 0.2) is 5.78 Å². The maximum Gasteiger partial charge on any atom is 0.416 e. The number of nitrogens with zero attached hydrogens (tertiary/aromatic N) is 3. The van der Waals surface area contributed by atoms with Gasteiger partial charge in [0.25, 0.3) is 0 Å². The van der Waals surface area contributed by atoms with E-state index < -0.39 is 29.4 Å². The molecule has 3 aromatic rings. The summed E-state index contributed by atoms with van der Waals surface area (Å²) >= 11 is 0. The van der Waals surface area contributed by atoms with E-state index in [0.717, 1.165) is 24.3 Å². The van der Waals surface area contributed by atoms with E-state index in [1.807, 2.05) is 0 Å². The summed E-state index contributed by atoms with van der Waals surface area (Å²) in [5, 5.41) is 3.94. The van der Waals surface area contributed by atoms with Crippen LogP contribution >= 0.6 is 0 Å². The summed E-state index contributed by atoms with van der Waals surface area (Å²) in [7, 11) is 0. The molecule has 1 heterocycles. The van der Waals surface area contributed by atoms with Gasteiger partial charge in [0, 0.05) is 12.0 Å². The smallest absolute Gasteiger partial charge is 0.292 e. The number of alkyl halides is 3. The Hall–Kier alpha value is -3.03. The summed E-state index contributed by atoms with van der Waals surface area (Å²) in [5.41, 5.74) is -0.226. The first-order valence-corrected chi connectivity index (χ1v) is 7.64. The third-order valence-electron chi connectivity index (χ3n) is 3.87. The molecule has 1 aromatic heterocycles. The van der Waals surface area contributed by atoms with Crippen molar-refractivity contribution in [3.8, 4) is 0 Å². The van der Waals surface area contributed by atoms with E-state index in [0.29, 0.717) is 5.56 Å². The standard InChI is InChI=1S/C18H13F4N3O/c19-15-6-4-13(5-7-15)17(26)16(25-11-23-10-24-25)9-12-2-1-3-14(8-12)18(20,21)22/h1-8,10-11,16H,9H2. The van der Waals surface area contributed by atoms with Crippen molar-refractivity contribution in [3.63, 3.8) is 0 Å². The van der Waals surface area contributed by atoms with E-state index in [1.165, 1.54) is 41.6 Å². The molecule has 0 aliphatic rings. The molecule has 1 unspecified atom stereocenters. The number of hydrogen-bond acceptors (Lipinski definition) is 3. The minimum absolute atomic E-state index is 0.0104. The van der Waals surface area contributed by atoms with E-state index in [9.17, 15) is 22.4 Å². The molecule has 0 aliphatic carbocycles. The minimum atomic E-state index is -4.47. The molecule has 0 saturated carbocycles. The van der Waals surface area contributed by atoms with Crippen molar-refractivity contribution in [2.24, 2.45) is 0 Å². The van der Waals surface area contributed by atoms with Crippen LogP contribution in [-0.2, 0) is 12.6 Å². The zero-order chi connectivity index (χ0) is 18.7. The lowest BCUT2D eigenvalue weighted by Crippen LogP contribution is -2.23. The SMILES string of the molecule is O=C(c1ccc(F)cc1)C(Cc1cccc(C(F)(F)F)c1)n1cncn1. The lowest BCUT2D eigenvalue weighted by Gasteiger charge is -2.17. The van der Waals surface area contributed by atoms with Crippen LogP contribution in [0.4, 0.5) is 17.6 Å². The highest BCUT2D eigenvalue weighted by atomic mass is 19.4. The van der Waals surface area contributed by atoms with Crippen molar-refractivity contribution in [2.75, 3.05) is 0 Å². The predicted molar refractivity (Wildman–Crippen MR) is 84.9 cm³/mol. The van der Waals surface area contributed by atoms with Crippen LogP contribution in [0.2, 0.25) is 0 Å². The summed E-state index contributed by atoms with van der Waals surface area (Å²) in [6.45, 7) is 0. The average molecular weight is 363 g/mol. The summed E-state index contributed by atoms with van der Waals surface area (Å²) in [4.78, 5) is 16.6. The highest BCUT2D eigenvalue weighted by Crippen LogP contribution is 2.30. The van der Waals surface area contributed by atoms with Crippen molar-refractivity contribution in [1.29, 1.82) is 0 Å². The van der Waals surface area contributed by atoms with Crippen molar-refractivity contribution in [2.45, 2.75) is 18.6 Å². The molecule has 0 saturated heterocycles. The van der Waals surface area contributed by atoms with Crippen molar-refractivity contribution < 1.29 is 22.4 Å². The van der Waals surface area contributed by atoms with E-state index in [2.05, 4.69) is 10.1 Å². The monoisotopic (exact) mass is 363 g/mol. The number of benzene rings is 2. The van der Waals surface area contributed by atoms with E-state index in [4.69, 9.17) is 0 Å². The van der Waals surface area contributed by atoms with Crippen LogP contribution in [-0.4, -0.2) is 20.5 Å². The van der Waals surface area contributed by atoms with Crippen LogP contribution in [0.1, 0.15) is 27.5 Å². The van der Waals surface area contributed by atoms with Crippen LogP contribution in [0.5, 0.6) is 0 Å². The van der Waals surface area contributed by atoms with E-state index in [-0.39, 0.29) is 12.0 Å². The molecular weight excluding hydrogens is 350 g/mol. The summed E-state index contributed by atoms with van der Waals surface area (Å²) < 4.78 is 53.1. The third kappa shape index (κ3) is 3.96. The van der Waals surface area contributed by atoms with Crippen LogP contribution in [0.25, 0.3) is 0 Å². The third-order valence-corrected chi connectivity index (χ3v) is 3.87. The number of Topliss-reactive ketones (excluding diaryl/α,β-unsaturated/α-hetero) is 1. The fourth-order valence-electron chi connectivity index (χ4n) is 2.59. The maximum absolute atomic E-state index is 13.1. The molecule has 0 amide bonds. The molecule has 2 aromatic carbocycles.